The first kappa shape index (κ1) is 26.8. The van der Waals surface area contributed by atoms with Gasteiger partial charge in [0, 0.05) is 21.8 Å². The Balaban J connectivity index is 1.48. The van der Waals surface area contributed by atoms with Crippen LogP contribution in [-0.4, -0.2) is 26.0 Å². The largest absolute Gasteiger partial charge is 0.493 e. The predicted octanol–water partition coefficient (Wildman–Crippen LogP) is 7.05. The van der Waals surface area contributed by atoms with E-state index in [9.17, 15) is 9.59 Å². The van der Waals surface area contributed by atoms with E-state index in [4.69, 9.17) is 9.47 Å². The van der Waals surface area contributed by atoms with Crippen molar-refractivity contribution in [2.75, 3.05) is 24.9 Å². The average Bonchev–Trinajstić information content (AvgIpc) is 2.94. The lowest BCUT2D eigenvalue weighted by Gasteiger charge is -2.18. The van der Waals surface area contributed by atoms with Crippen LogP contribution in [0, 0.1) is 13.8 Å². The second-order valence-corrected chi connectivity index (χ2v) is 9.92. The van der Waals surface area contributed by atoms with Crippen molar-refractivity contribution in [2.45, 2.75) is 24.0 Å². The van der Waals surface area contributed by atoms with Crippen LogP contribution in [0.1, 0.15) is 32.3 Å². The number of methoxy groups -OCH3 is 2. The molecule has 194 valence electrons. The molecule has 0 aliphatic rings. The van der Waals surface area contributed by atoms with E-state index in [1.54, 1.807) is 25.3 Å². The van der Waals surface area contributed by atoms with Crippen LogP contribution in [0.15, 0.2) is 95.9 Å². The van der Waals surface area contributed by atoms with Crippen LogP contribution in [-0.2, 0) is 4.79 Å². The zero-order valence-electron chi connectivity index (χ0n) is 21.8. The van der Waals surface area contributed by atoms with E-state index in [1.165, 1.54) is 24.4 Å². The van der Waals surface area contributed by atoms with Crippen molar-refractivity contribution in [3.05, 3.63) is 113 Å². The molecule has 4 aromatic carbocycles. The van der Waals surface area contributed by atoms with E-state index >= 15 is 0 Å². The quantitative estimate of drug-likeness (QED) is 0.229. The van der Waals surface area contributed by atoms with Crippen LogP contribution >= 0.6 is 11.8 Å². The summed E-state index contributed by atoms with van der Waals surface area (Å²) < 4.78 is 10.5. The highest BCUT2D eigenvalue weighted by molar-refractivity contribution is 8.00. The Bertz CT molecular complexity index is 1420. The van der Waals surface area contributed by atoms with Crippen molar-refractivity contribution in [1.29, 1.82) is 0 Å². The van der Waals surface area contributed by atoms with Crippen molar-refractivity contribution < 1.29 is 19.1 Å². The van der Waals surface area contributed by atoms with E-state index in [0.717, 1.165) is 21.7 Å². The first-order valence-electron chi connectivity index (χ1n) is 12.1. The van der Waals surface area contributed by atoms with Crippen molar-refractivity contribution in [2.24, 2.45) is 0 Å². The predicted molar refractivity (Wildman–Crippen MR) is 154 cm³/mol. The highest BCUT2D eigenvalue weighted by Crippen LogP contribution is 2.37. The highest BCUT2D eigenvalue weighted by Gasteiger charge is 2.22. The number of benzene rings is 4. The SMILES string of the molecule is COc1ccc(C(=O)Nc2ccc(SC(C(=O)Nc3ccc(C)c(C)c3)c3ccccc3)cc2)cc1OC. The molecular formula is C31H30N2O4S. The fourth-order valence-corrected chi connectivity index (χ4v) is 4.89. The number of aryl methyl sites for hydroxylation is 2. The van der Waals surface area contributed by atoms with Crippen molar-refractivity contribution in [1.82, 2.24) is 0 Å². The standard InChI is InChI=1S/C31H30N2O4S/c1-20-10-12-25(18-21(20)2)33-31(35)29(22-8-6-5-7-9-22)38-26-15-13-24(14-16-26)32-30(34)23-11-17-27(36-3)28(19-23)37-4/h5-19,29H,1-4H3,(H,32,34)(H,33,35). The number of nitrogens with one attached hydrogen (secondary N) is 2. The monoisotopic (exact) mass is 526 g/mol. The van der Waals surface area contributed by atoms with E-state index in [0.29, 0.717) is 22.7 Å². The molecule has 0 aliphatic heterocycles. The highest BCUT2D eigenvalue weighted by atomic mass is 32.2. The second-order valence-electron chi connectivity index (χ2n) is 8.75. The van der Waals surface area contributed by atoms with Crippen LogP contribution in [0.5, 0.6) is 11.5 Å². The molecule has 1 unspecified atom stereocenters. The number of hydrogen-bond acceptors (Lipinski definition) is 5. The summed E-state index contributed by atoms with van der Waals surface area (Å²) in [4.78, 5) is 27.0. The van der Waals surface area contributed by atoms with Crippen molar-refractivity contribution >= 4 is 35.0 Å². The summed E-state index contributed by atoms with van der Waals surface area (Å²) in [6.45, 7) is 4.07. The molecule has 4 rings (SSSR count). The Hall–Kier alpha value is -4.23. The third kappa shape index (κ3) is 6.55. The first-order chi connectivity index (χ1) is 18.4. The molecule has 0 fully saturated rings. The molecule has 0 heterocycles. The molecule has 0 spiro atoms. The van der Waals surface area contributed by atoms with Gasteiger partial charge in [0.25, 0.3) is 5.91 Å². The summed E-state index contributed by atoms with van der Waals surface area (Å²) in [5, 5.41) is 5.51. The molecule has 7 heteroatoms. The Morgan fingerprint density at radius 3 is 2.05 bits per heavy atom. The molecular weight excluding hydrogens is 496 g/mol. The maximum Gasteiger partial charge on any atom is 0.255 e. The van der Waals surface area contributed by atoms with Crippen LogP contribution in [0.2, 0.25) is 0 Å². The molecule has 0 aromatic heterocycles. The molecule has 4 aromatic rings. The number of rotatable bonds is 9. The molecule has 0 aliphatic carbocycles. The maximum atomic E-state index is 13.4. The van der Waals surface area contributed by atoms with E-state index in [2.05, 4.69) is 10.6 Å². The number of carbonyl (C=O) groups excluding carboxylic acids is 2. The molecule has 0 saturated heterocycles. The summed E-state index contributed by atoms with van der Waals surface area (Å²) in [5.74, 6) is 0.675. The topological polar surface area (TPSA) is 76.7 Å². The molecule has 1 atom stereocenters. The molecule has 2 amide bonds. The van der Waals surface area contributed by atoms with E-state index in [1.807, 2.05) is 86.6 Å². The number of ether oxygens (including phenoxy) is 2. The Morgan fingerprint density at radius 2 is 1.39 bits per heavy atom. The summed E-state index contributed by atoms with van der Waals surface area (Å²) in [7, 11) is 3.08. The van der Waals surface area contributed by atoms with Gasteiger partial charge in [-0.25, -0.2) is 0 Å². The van der Waals surface area contributed by atoms with Gasteiger partial charge in [-0.15, -0.1) is 11.8 Å². The Labute approximate surface area is 227 Å². The number of thioether (sulfide) groups is 1. The van der Waals surface area contributed by atoms with E-state index < -0.39 is 5.25 Å². The third-order valence-corrected chi connectivity index (χ3v) is 7.39. The molecule has 6 nitrogen and oxygen atoms in total. The fraction of sp³-hybridized carbons (Fsp3) is 0.161. The minimum Gasteiger partial charge on any atom is -0.493 e. The van der Waals surface area contributed by atoms with Gasteiger partial charge >= 0.3 is 0 Å². The van der Waals surface area contributed by atoms with Crippen LogP contribution in [0.25, 0.3) is 0 Å². The van der Waals surface area contributed by atoms with Crippen LogP contribution in [0.4, 0.5) is 11.4 Å². The van der Waals surface area contributed by atoms with Gasteiger partial charge in [-0.05, 0) is 85.1 Å². The molecule has 0 saturated carbocycles. The minimum absolute atomic E-state index is 0.102. The van der Waals surface area contributed by atoms with E-state index in [-0.39, 0.29) is 11.8 Å². The lowest BCUT2D eigenvalue weighted by atomic mass is 10.1. The number of carbonyl (C=O) groups is 2. The van der Waals surface area contributed by atoms with Gasteiger partial charge in [0.15, 0.2) is 11.5 Å². The fourth-order valence-electron chi connectivity index (χ4n) is 3.86. The van der Waals surface area contributed by atoms with Gasteiger partial charge in [0.05, 0.1) is 14.2 Å². The van der Waals surface area contributed by atoms with Crippen molar-refractivity contribution in [3.63, 3.8) is 0 Å². The van der Waals surface area contributed by atoms with Gasteiger partial charge in [-0.3, -0.25) is 9.59 Å². The normalized spacial score (nSPS) is 11.4. The second kappa shape index (κ2) is 12.3. The molecule has 0 bridgehead atoms. The Morgan fingerprint density at radius 1 is 0.711 bits per heavy atom. The van der Waals surface area contributed by atoms with Crippen LogP contribution in [0.3, 0.4) is 0 Å². The number of amides is 2. The molecule has 0 radical (unpaired) electrons. The lowest BCUT2D eigenvalue weighted by Crippen LogP contribution is -2.19. The van der Waals surface area contributed by atoms with Crippen molar-refractivity contribution in [3.8, 4) is 11.5 Å². The van der Waals surface area contributed by atoms with Gasteiger partial charge in [0.2, 0.25) is 5.91 Å². The third-order valence-electron chi connectivity index (χ3n) is 6.13. The van der Waals surface area contributed by atoms with Gasteiger partial charge in [0.1, 0.15) is 5.25 Å². The lowest BCUT2D eigenvalue weighted by molar-refractivity contribution is -0.115. The summed E-state index contributed by atoms with van der Waals surface area (Å²) in [5.41, 5.74) is 5.07. The minimum atomic E-state index is -0.454. The zero-order valence-corrected chi connectivity index (χ0v) is 22.6. The Kier molecular flexibility index (Phi) is 8.71. The summed E-state index contributed by atoms with van der Waals surface area (Å²) in [6.07, 6.45) is 0. The first-order valence-corrected chi connectivity index (χ1v) is 13.0. The average molecular weight is 527 g/mol. The van der Waals surface area contributed by atoms with Gasteiger partial charge < -0.3 is 20.1 Å². The maximum absolute atomic E-state index is 13.4. The zero-order chi connectivity index (χ0) is 27.1. The smallest absolute Gasteiger partial charge is 0.255 e. The molecule has 38 heavy (non-hydrogen) atoms. The van der Waals surface area contributed by atoms with Crippen LogP contribution < -0.4 is 20.1 Å². The van der Waals surface area contributed by atoms with Gasteiger partial charge in [-0.2, -0.15) is 0 Å². The number of anilines is 2. The number of hydrogen-bond donors (Lipinski definition) is 2. The van der Waals surface area contributed by atoms with Gasteiger partial charge in [-0.1, -0.05) is 36.4 Å². The summed E-state index contributed by atoms with van der Waals surface area (Å²) >= 11 is 1.45. The molecule has 2 N–H and O–H groups in total. The summed E-state index contributed by atoms with van der Waals surface area (Å²) in [6, 6.07) is 28.1.